The summed E-state index contributed by atoms with van der Waals surface area (Å²) in [5.41, 5.74) is 0.739. The first-order valence-corrected chi connectivity index (χ1v) is 4.48. The maximum atomic E-state index is 10.7. The third-order valence-electron chi connectivity index (χ3n) is 2.24. The first-order chi connectivity index (χ1) is 6.77. The molecule has 1 heterocycles. The van der Waals surface area contributed by atoms with Gasteiger partial charge in [0.1, 0.15) is 5.69 Å². The van der Waals surface area contributed by atoms with Crippen LogP contribution in [0.4, 0.5) is 11.4 Å². The molecule has 2 N–H and O–H groups in total. The SMILES string of the molecule is O=[N+]([O-])c1ccccc1NC1CNC1. The standard InChI is InChI=1S/C9H11N3O2/c13-12(14)9-4-2-1-3-8(9)11-7-5-10-6-7/h1-4,7,10-11H,5-6H2. The lowest BCUT2D eigenvalue weighted by Gasteiger charge is -2.28. The van der Waals surface area contributed by atoms with Crippen molar-refractivity contribution in [1.29, 1.82) is 0 Å². The van der Waals surface area contributed by atoms with E-state index >= 15 is 0 Å². The summed E-state index contributed by atoms with van der Waals surface area (Å²) in [6, 6.07) is 7.02. The number of hydrogen-bond acceptors (Lipinski definition) is 4. The molecule has 14 heavy (non-hydrogen) atoms. The number of hydrogen-bond donors (Lipinski definition) is 2. The smallest absolute Gasteiger partial charge is 0.292 e. The van der Waals surface area contributed by atoms with Crippen molar-refractivity contribution in [1.82, 2.24) is 5.32 Å². The summed E-state index contributed by atoms with van der Waals surface area (Å²) in [4.78, 5) is 10.3. The fourth-order valence-electron chi connectivity index (χ4n) is 1.37. The molecule has 5 heteroatoms. The average Bonchev–Trinajstić information content (AvgIpc) is 2.12. The van der Waals surface area contributed by atoms with Gasteiger partial charge in [-0.05, 0) is 6.07 Å². The second-order valence-electron chi connectivity index (χ2n) is 3.27. The van der Waals surface area contributed by atoms with Gasteiger partial charge in [0.05, 0.1) is 11.0 Å². The zero-order valence-corrected chi connectivity index (χ0v) is 7.56. The largest absolute Gasteiger partial charge is 0.374 e. The molecular formula is C9H11N3O2. The highest BCUT2D eigenvalue weighted by molar-refractivity contribution is 5.61. The summed E-state index contributed by atoms with van der Waals surface area (Å²) in [6.07, 6.45) is 0. The normalized spacial score (nSPS) is 16.0. The van der Waals surface area contributed by atoms with Crippen molar-refractivity contribution < 1.29 is 4.92 Å². The molecule has 0 atom stereocenters. The molecule has 0 aliphatic carbocycles. The van der Waals surface area contributed by atoms with Crippen molar-refractivity contribution in [2.45, 2.75) is 6.04 Å². The van der Waals surface area contributed by atoms with Gasteiger partial charge in [-0.25, -0.2) is 0 Å². The van der Waals surface area contributed by atoms with Crippen LogP contribution in [0.1, 0.15) is 0 Å². The van der Waals surface area contributed by atoms with Crippen molar-refractivity contribution in [3.63, 3.8) is 0 Å². The Labute approximate surface area is 81.3 Å². The van der Waals surface area contributed by atoms with E-state index in [0.717, 1.165) is 13.1 Å². The Balaban J connectivity index is 2.17. The lowest BCUT2D eigenvalue weighted by molar-refractivity contribution is -0.384. The number of nitro benzene ring substituents is 1. The molecule has 1 saturated heterocycles. The number of nitro groups is 1. The first kappa shape index (κ1) is 8.96. The van der Waals surface area contributed by atoms with Crippen LogP contribution in [0.2, 0.25) is 0 Å². The van der Waals surface area contributed by atoms with Gasteiger partial charge >= 0.3 is 0 Å². The van der Waals surface area contributed by atoms with Crippen LogP contribution in [0, 0.1) is 10.1 Å². The molecule has 0 amide bonds. The average molecular weight is 193 g/mol. The van der Waals surface area contributed by atoms with E-state index in [2.05, 4.69) is 10.6 Å². The second kappa shape index (κ2) is 3.63. The summed E-state index contributed by atoms with van der Waals surface area (Å²) in [5.74, 6) is 0. The summed E-state index contributed by atoms with van der Waals surface area (Å²) < 4.78 is 0. The van der Waals surface area contributed by atoms with Crippen LogP contribution < -0.4 is 10.6 Å². The summed E-state index contributed by atoms with van der Waals surface area (Å²) in [7, 11) is 0. The predicted molar refractivity (Wildman–Crippen MR) is 53.4 cm³/mol. The Kier molecular flexibility index (Phi) is 2.32. The van der Waals surface area contributed by atoms with E-state index in [1.54, 1.807) is 18.2 Å². The maximum Gasteiger partial charge on any atom is 0.292 e. The third kappa shape index (κ3) is 1.67. The molecule has 0 bridgehead atoms. The molecule has 1 fully saturated rings. The number of nitrogens with zero attached hydrogens (tertiary/aromatic N) is 1. The molecule has 1 aromatic carbocycles. The van der Waals surface area contributed by atoms with E-state index in [1.165, 1.54) is 6.07 Å². The third-order valence-corrected chi connectivity index (χ3v) is 2.24. The number of nitrogens with one attached hydrogen (secondary N) is 2. The number of rotatable bonds is 3. The minimum Gasteiger partial charge on any atom is -0.374 e. The molecule has 0 radical (unpaired) electrons. The number of anilines is 1. The fourth-order valence-corrected chi connectivity index (χ4v) is 1.37. The molecule has 1 aliphatic heterocycles. The highest BCUT2D eigenvalue weighted by atomic mass is 16.6. The number of benzene rings is 1. The molecule has 0 unspecified atom stereocenters. The molecule has 74 valence electrons. The van der Waals surface area contributed by atoms with Crippen molar-refractivity contribution in [2.75, 3.05) is 18.4 Å². The number of para-hydroxylation sites is 2. The molecule has 5 nitrogen and oxygen atoms in total. The van der Waals surface area contributed by atoms with E-state index < -0.39 is 0 Å². The van der Waals surface area contributed by atoms with Gasteiger partial charge in [0.25, 0.3) is 5.69 Å². The zero-order chi connectivity index (χ0) is 9.97. The van der Waals surface area contributed by atoms with Crippen molar-refractivity contribution in [3.05, 3.63) is 34.4 Å². The van der Waals surface area contributed by atoms with Crippen LogP contribution >= 0.6 is 0 Å². The molecule has 1 aromatic rings. The second-order valence-corrected chi connectivity index (χ2v) is 3.27. The molecule has 1 aliphatic rings. The lowest BCUT2D eigenvalue weighted by Crippen LogP contribution is -2.51. The van der Waals surface area contributed by atoms with Crippen molar-refractivity contribution in [2.24, 2.45) is 0 Å². The summed E-state index contributed by atoms with van der Waals surface area (Å²) in [5, 5.41) is 16.9. The van der Waals surface area contributed by atoms with Gasteiger partial charge in [0.2, 0.25) is 0 Å². The molecule has 0 aromatic heterocycles. The van der Waals surface area contributed by atoms with E-state index in [9.17, 15) is 10.1 Å². The van der Waals surface area contributed by atoms with Gasteiger partial charge in [-0.3, -0.25) is 10.1 Å². The molecule has 0 spiro atoms. The van der Waals surface area contributed by atoms with Crippen LogP contribution in [0.25, 0.3) is 0 Å². The van der Waals surface area contributed by atoms with E-state index in [0.29, 0.717) is 11.7 Å². The fraction of sp³-hybridized carbons (Fsp3) is 0.333. The minimum atomic E-state index is -0.367. The molecule has 0 saturated carbocycles. The Morgan fingerprint density at radius 2 is 2.14 bits per heavy atom. The Bertz CT molecular complexity index is 350. The van der Waals surface area contributed by atoms with Crippen molar-refractivity contribution in [3.8, 4) is 0 Å². The predicted octanol–water partition coefficient (Wildman–Crippen LogP) is 0.978. The van der Waals surface area contributed by atoms with Gasteiger partial charge in [-0.2, -0.15) is 0 Å². The molecular weight excluding hydrogens is 182 g/mol. The van der Waals surface area contributed by atoms with Crippen LogP contribution in [0.15, 0.2) is 24.3 Å². The van der Waals surface area contributed by atoms with Gasteiger partial charge in [-0.1, -0.05) is 12.1 Å². The highest BCUT2D eigenvalue weighted by Gasteiger charge is 2.20. The van der Waals surface area contributed by atoms with Gasteiger partial charge in [0, 0.05) is 19.2 Å². The first-order valence-electron chi connectivity index (χ1n) is 4.48. The summed E-state index contributed by atoms with van der Waals surface area (Å²) in [6.45, 7) is 1.73. The van der Waals surface area contributed by atoms with E-state index in [4.69, 9.17) is 0 Å². The summed E-state index contributed by atoms with van der Waals surface area (Å²) >= 11 is 0. The van der Waals surface area contributed by atoms with Crippen molar-refractivity contribution >= 4 is 11.4 Å². The lowest BCUT2D eigenvalue weighted by atomic mass is 10.1. The molecule has 2 rings (SSSR count). The van der Waals surface area contributed by atoms with Gasteiger partial charge in [0.15, 0.2) is 0 Å². The Morgan fingerprint density at radius 3 is 2.71 bits per heavy atom. The van der Waals surface area contributed by atoms with Crippen LogP contribution in [-0.2, 0) is 0 Å². The minimum absolute atomic E-state index is 0.138. The Morgan fingerprint density at radius 1 is 1.43 bits per heavy atom. The Hall–Kier alpha value is -1.62. The van der Waals surface area contributed by atoms with Gasteiger partial charge < -0.3 is 10.6 Å². The van der Waals surface area contributed by atoms with Crippen LogP contribution in [-0.4, -0.2) is 24.1 Å². The quantitative estimate of drug-likeness (QED) is 0.554. The topological polar surface area (TPSA) is 67.2 Å². The highest BCUT2D eigenvalue weighted by Crippen LogP contribution is 2.24. The van der Waals surface area contributed by atoms with E-state index in [-0.39, 0.29) is 10.6 Å². The zero-order valence-electron chi connectivity index (χ0n) is 7.56. The van der Waals surface area contributed by atoms with E-state index in [1.807, 2.05) is 0 Å². The maximum absolute atomic E-state index is 10.7. The van der Waals surface area contributed by atoms with Crippen LogP contribution in [0.5, 0.6) is 0 Å². The monoisotopic (exact) mass is 193 g/mol. The van der Waals surface area contributed by atoms with Gasteiger partial charge in [-0.15, -0.1) is 0 Å². The van der Waals surface area contributed by atoms with Crippen LogP contribution in [0.3, 0.4) is 0 Å².